The third-order valence-electron chi connectivity index (χ3n) is 2.49. The predicted molar refractivity (Wildman–Crippen MR) is 71.1 cm³/mol. The second kappa shape index (κ2) is 6.15. The molecule has 0 radical (unpaired) electrons. The lowest BCUT2D eigenvalue weighted by molar-refractivity contribution is 0.229. The Kier molecular flexibility index (Phi) is 5.10. The Morgan fingerprint density at radius 3 is 1.94 bits per heavy atom. The number of rotatable bonds is 5. The summed E-state index contributed by atoms with van der Waals surface area (Å²) >= 11 is 0. The zero-order valence-electron chi connectivity index (χ0n) is 11.2. The van der Waals surface area contributed by atoms with Crippen LogP contribution >= 0.6 is 7.60 Å². The lowest BCUT2D eigenvalue weighted by Gasteiger charge is -2.21. The molecule has 0 aliphatic heterocycles. The molecule has 0 aliphatic carbocycles. The Bertz CT molecular complexity index is 486. The molecule has 0 fully saturated rings. The van der Waals surface area contributed by atoms with E-state index in [-0.39, 0.29) is 0 Å². The number of nitriles is 1. The van der Waals surface area contributed by atoms with Crippen LogP contribution in [0.25, 0.3) is 0 Å². The Hall–Kier alpha value is -1.14. The first kappa shape index (κ1) is 14.9. The lowest BCUT2D eigenvalue weighted by Crippen LogP contribution is -2.17. The van der Waals surface area contributed by atoms with Crippen molar-refractivity contribution in [2.24, 2.45) is 0 Å². The van der Waals surface area contributed by atoms with Crippen LogP contribution in [0.2, 0.25) is 0 Å². The Labute approximate surface area is 108 Å². The van der Waals surface area contributed by atoms with Gasteiger partial charge in [-0.25, -0.2) is 0 Å². The van der Waals surface area contributed by atoms with Gasteiger partial charge in [0.05, 0.1) is 30.2 Å². The average molecular weight is 267 g/mol. The number of hydrogen-bond donors (Lipinski definition) is 0. The van der Waals surface area contributed by atoms with Gasteiger partial charge in [0.25, 0.3) is 0 Å². The van der Waals surface area contributed by atoms with Crippen LogP contribution in [0.1, 0.15) is 30.5 Å². The van der Waals surface area contributed by atoms with Crippen LogP contribution in [0.15, 0.2) is 12.1 Å². The van der Waals surface area contributed by atoms with E-state index in [1.54, 1.807) is 26.0 Å². The summed E-state index contributed by atoms with van der Waals surface area (Å²) in [5, 5.41) is 9.48. The van der Waals surface area contributed by atoms with E-state index in [0.717, 1.165) is 11.1 Å². The highest BCUT2D eigenvalue weighted by Gasteiger charge is 2.30. The average Bonchev–Trinajstić information content (AvgIpc) is 2.28. The van der Waals surface area contributed by atoms with Gasteiger partial charge in [0.2, 0.25) is 0 Å². The minimum Gasteiger partial charge on any atom is -0.305 e. The normalized spacial score (nSPS) is 11.3. The molecule has 0 N–H and O–H groups in total. The molecule has 4 nitrogen and oxygen atoms in total. The maximum Gasteiger partial charge on any atom is 0.361 e. The molecule has 0 amide bonds. The molecule has 0 bridgehead atoms. The molecule has 1 aromatic rings. The highest BCUT2D eigenvalue weighted by Crippen LogP contribution is 2.48. The highest BCUT2D eigenvalue weighted by atomic mass is 31.2. The molecule has 98 valence electrons. The molecule has 18 heavy (non-hydrogen) atoms. The lowest BCUT2D eigenvalue weighted by atomic mass is 10.1. The molecule has 0 heterocycles. The van der Waals surface area contributed by atoms with Crippen LogP contribution in [-0.4, -0.2) is 13.2 Å². The number of benzene rings is 1. The standard InChI is InChI=1S/C13H18NO3P/c1-5-16-18(15,17-6-2)13-10(3)7-12(9-14)8-11(13)4/h7-8H,5-6H2,1-4H3. The fourth-order valence-electron chi connectivity index (χ4n) is 1.96. The smallest absolute Gasteiger partial charge is 0.305 e. The molecular formula is C13H18NO3P. The maximum atomic E-state index is 12.7. The van der Waals surface area contributed by atoms with Crippen molar-refractivity contribution >= 4 is 12.9 Å². The van der Waals surface area contributed by atoms with Crippen LogP contribution in [0.4, 0.5) is 0 Å². The molecule has 0 atom stereocenters. The Balaban J connectivity index is 3.38. The summed E-state index contributed by atoms with van der Waals surface area (Å²) in [7, 11) is -3.29. The zero-order valence-corrected chi connectivity index (χ0v) is 12.1. The first-order valence-corrected chi connectivity index (χ1v) is 7.43. The minimum atomic E-state index is -3.29. The van der Waals surface area contributed by atoms with E-state index in [2.05, 4.69) is 6.07 Å². The van der Waals surface area contributed by atoms with Crippen molar-refractivity contribution in [3.05, 3.63) is 28.8 Å². The van der Waals surface area contributed by atoms with E-state index in [1.807, 2.05) is 13.8 Å². The van der Waals surface area contributed by atoms with Gasteiger partial charge in [-0.15, -0.1) is 0 Å². The predicted octanol–water partition coefficient (Wildman–Crippen LogP) is 3.07. The van der Waals surface area contributed by atoms with Gasteiger partial charge in [0.1, 0.15) is 0 Å². The Morgan fingerprint density at radius 1 is 1.17 bits per heavy atom. The van der Waals surface area contributed by atoms with Crippen molar-refractivity contribution in [1.82, 2.24) is 0 Å². The SMILES string of the molecule is CCOP(=O)(OCC)c1c(C)cc(C#N)cc1C. The topological polar surface area (TPSA) is 59.3 Å². The largest absolute Gasteiger partial charge is 0.361 e. The molecule has 0 aliphatic rings. The molecule has 1 rings (SSSR count). The van der Waals surface area contributed by atoms with Gasteiger partial charge in [-0.1, -0.05) is 0 Å². The maximum absolute atomic E-state index is 12.7. The first-order valence-electron chi connectivity index (χ1n) is 5.89. The summed E-state index contributed by atoms with van der Waals surface area (Å²) in [6.45, 7) is 7.81. The third-order valence-corrected chi connectivity index (χ3v) is 4.94. The number of aryl methyl sites for hydroxylation is 2. The van der Waals surface area contributed by atoms with Crippen molar-refractivity contribution in [2.75, 3.05) is 13.2 Å². The van der Waals surface area contributed by atoms with Crippen LogP contribution in [0.3, 0.4) is 0 Å². The molecule has 0 spiro atoms. The molecule has 1 aromatic carbocycles. The quantitative estimate of drug-likeness (QED) is 0.769. The van der Waals surface area contributed by atoms with Gasteiger partial charge in [-0.05, 0) is 51.0 Å². The summed E-state index contributed by atoms with van der Waals surface area (Å²) in [5.74, 6) is 0. The van der Waals surface area contributed by atoms with Gasteiger partial charge in [0, 0.05) is 0 Å². The monoisotopic (exact) mass is 267 g/mol. The van der Waals surface area contributed by atoms with Gasteiger partial charge in [-0.2, -0.15) is 5.26 Å². The van der Waals surface area contributed by atoms with E-state index < -0.39 is 7.60 Å². The van der Waals surface area contributed by atoms with Crippen molar-refractivity contribution in [3.63, 3.8) is 0 Å². The van der Waals surface area contributed by atoms with Crippen molar-refractivity contribution in [3.8, 4) is 6.07 Å². The van der Waals surface area contributed by atoms with E-state index in [0.29, 0.717) is 24.1 Å². The summed E-state index contributed by atoms with van der Waals surface area (Å²) < 4.78 is 23.4. The Morgan fingerprint density at radius 2 is 1.61 bits per heavy atom. The van der Waals surface area contributed by atoms with Crippen LogP contribution in [-0.2, 0) is 13.6 Å². The van der Waals surface area contributed by atoms with E-state index >= 15 is 0 Å². The third kappa shape index (κ3) is 3.00. The van der Waals surface area contributed by atoms with E-state index in [1.165, 1.54) is 0 Å². The molecule has 0 aromatic heterocycles. The summed E-state index contributed by atoms with van der Waals surface area (Å²) in [6.07, 6.45) is 0. The van der Waals surface area contributed by atoms with Gasteiger partial charge < -0.3 is 9.05 Å². The highest BCUT2D eigenvalue weighted by molar-refractivity contribution is 7.62. The summed E-state index contributed by atoms with van der Waals surface area (Å²) in [5.41, 5.74) is 2.07. The molecular weight excluding hydrogens is 249 g/mol. The van der Waals surface area contributed by atoms with Crippen LogP contribution < -0.4 is 5.30 Å². The van der Waals surface area contributed by atoms with Gasteiger partial charge >= 0.3 is 7.60 Å². The van der Waals surface area contributed by atoms with Crippen molar-refractivity contribution in [2.45, 2.75) is 27.7 Å². The van der Waals surface area contributed by atoms with Crippen LogP contribution in [0.5, 0.6) is 0 Å². The molecule has 5 heteroatoms. The fraction of sp³-hybridized carbons (Fsp3) is 0.462. The van der Waals surface area contributed by atoms with E-state index in [4.69, 9.17) is 14.3 Å². The van der Waals surface area contributed by atoms with E-state index in [9.17, 15) is 4.57 Å². The second-order valence-corrected chi connectivity index (χ2v) is 5.86. The van der Waals surface area contributed by atoms with Crippen molar-refractivity contribution in [1.29, 1.82) is 5.26 Å². The number of hydrogen-bond acceptors (Lipinski definition) is 4. The number of nitrogens with zero attached hydrogens (tertiary/aromatic N) is 1. The first-order chi connectivity index (χ1) is 8.48. The van der Waals surface area contributed by atoms with Crippen molar-refractivity contribution < 1.29 is 13.6 Å². The van der Waals surface area contributed by atoms with Crippen LogP contribution in [0, 0.1) is 25.2 Å². The molecule has 0 saturated heterocycles. The summed E-state index contributed by atoms with van der Waals surface area (Å²) in [6, 6.07) is 5.48. The molecule has 0 unspecified atom stereocenters. The minimum absolute atomic E-state index is 0.316. The zero-order chi connectivity index (χ0) is 13.8. The molecule has 0 saturated carbocycles. The van der Waals surface area contributed by atoms with Gasteiger partial charge in [-0.3, -0.25) is 4.57 Å². The van der Waals surface area contributed by atoms with Gasteiger partial charge in [0.15, 0.2) is 0 Å². The summed E-state index contributed by atoms with van der Waals surface area (Å²) in [4.78, 5) is 0. The second-order valence-electron chi connectivity index (χ2n) is 3.90. The fourth-order valence-corrected chi connectivity index (χ4v) is 3.96.